The molecule has 0 spiro atoms. The van der Waals surface area contributed by atoms with Gasteiger partial charge in [0, 0.05) is 16.1 Å². The molecule has 1 heterocycles. The predicted molar refractivity (Wildman–Crippen MR) is 122 cm³/mol. The Morgan fingerprint density at radius 1 is 1.24 bits per heavy atom. The summed E-state index contributed by atoms with van der Waals surface area (Å²) in [6.45, 7) is 4.05. The molecule has 2 aromatic carbocycles. The smallest absolute Gasteiger partial charge is 0.255 e. The Kier molecular flexibility index (Phi) is 6.77. The van der Waals surface area contributed by atoms with Crippen LogP contribution in [0.1, 0.15) is 34.5 Å². The predicted octanol–water partition coefficient (Wildman–Crippen LogP) is 5.03. The fourth-order valence-corrected chi connectivity index (χ4v) is 3.58. The van der Waals surface area contributed by atoms with Gasteiger partial charge in [0.25, 0.3) is 5.91 Å². The number of allylic oxidation sites excluding steroid dienone is 1. The van der Waals surface area contributed by atoms with Crippen LogP contribution in [0, 0.1) is 6.92 Å². The highest BCUT2D eigenvalue weighted by Crippen LogP contribution is 2.25. The van der Waals surface area contributed by atoms with Gasteiger partial charge < -0.3 is 16.0 Å². The van der Waals surface area contributed by atoms with Crippen LogP contribution in [-0.2, 0) is 0 Å². The first-order valence-electron chi connectivity index (χ1n) is 9.42. The summed E-state index contributed by atoms with van der Waals surface area (Å²) in [5, 5.41) is 10.7. The van der Waals surface area contributed by atoms with E-state index < -0.39 is 0 Å². The zero-order valence-electron chi connectivity index (χ0n) is 17.1. The van der Waals surface area contributed by atoms with Gasteiger partial charge in [-0.05, 0) is 55.3 Å². The second kappa shape index (κ2) is 9.47. The van der Waals surface area contributed by atoms with E-state index in [1.165, 1.54) is 4.90 Å². The van der Waals surface area contributed by atoms with Crippen molar-refractivity contribution in [1.29, 1.82) is 0 Å². The number of benzene rings is 2. The Balaban J connectivity index is 1.58. The maximum absolute atomic E-state index is 12.6. The molecule has 150 valence electrons. The Bertz CT molecular complexity index is 994. The number of carbonyl (C=O) groups excluding carboxylic acids is 1. The van der Waals surface area contributed by atoms with Crippen molar-refractivity contribution in [3.8, 4) is 0 Å². The quantitative estimate of drug-likeness (QED) is 0.477. The van der Waals surface area contributed by atoms with Gasteiger partial charge in [-0.25, -0.2) is 4.58 Å². The third-order valence-electron chi connectivity index (χ3n) is 4.60. The number of anilines is 1. The van der Waals surface area contributed by atoms with Gasteiger partial charge in [0.1, 0.15) is 7.05 Å². The first-order valence-corrected chi connectivity index (χ1v) is 10.6. The number of aryl methyl sites for hydroxylation is 1. The lowest BCUT2D eigenvalue weighted by Gasteiger charge is -2.26. The summed E-state index contributed by atoms with van der Waals surface area (Å²) in [7, 11) is 1.98. The van der Waals surface area contributed by atoms with E-state index in [4.69, 9.17) is 0 Å². The number of amides is 1. The summed E-state index contributed by atoms with van der Waals surface area (Å²) in [5.41, 5.74) is 4.62. The van der Waals surface area contributed by atoms with E-state index >= 15 is 0 Å². The number of hydrogen-bond donors (Lipinski definition) is 2. The molecule has 0 aliphatic carbocycles. The average molecular weight is 407 g/mol. The monoisotopic (exact) mass is 406 g/mol. The van der Waals surface area contributed by atoms with Crippen molar-refractivity contribution in [1.82, 2.24) is 5.32 Å². The zero-order chi connectivity index (χ0) is 20.8. The maximum Gasteiger partial charge on any atom is 0.255 e. The van der Waals surface area contributed by atoms with E-state index in [1.807, 2.05) is 92.8 Å². The van der Waals surface area contributed by atoms with Gasteiger partial charge in [0.05, 0.1) is 0 Å². The van der Waals surface area contributed by atoms with Gasteiger partial charge in [-0.2, -0.15) is 6.20 Å². The minimum atomic E-state index is -0.110. The average Bonchev–Trinajstić information content (AvgIpc) is 2.69. The van der Waals surface area contributed by atoms with E-state index in [0.717, 1.165) is 22.5 Å². The normalized spacial score (nSPS) is 13.9. The first kappa shape index (κ1) is 20.7. The molecule has 29 heavy (non-hydrogen) atoms. The second-order valence-electron chi connectivity index (χ2n) is 6.93. The number of nitrogens with zero attached hydrogens (tertiary/aromatic N) is 2. The van der Waals surface area contributed by atoms with Gasteiger partial charge in [-0.1, -0.05) is 30.7 Å². The number of hydrogen-bond acceptors (Lipinski definition) is 3. The minimum Gasteiger partial charge on any atom is -0.683 e. The van der Waals surface area contributed by atoms with Crippen molar-refractivity contribution in [3.05, 3.63) is 88.8 Å². The summed E-state index contributed by atoms with van der Waals surface area (Å²) < 4.78 is 1.98. The van der Waals surface area contributed by atoms with Crippen molar-refractivity contribution in [3.63, 3.8) is 0 Å². The summed E-state index contributed by atoms with van der Waals surface area (Å²) in [5.74, 6) is -0.110. The number of rotatable bonds is 8. The molecule has 1 unspecified atom stereocenters. The van der Waals surface area contributed by atoms with Crippen LogP contribution in [0.3, 0.4) is 0 Å². The fraction of sp³-hybridized carbons (Fsp3) is 0.217. The van der Waals surface area contributed by atoms with Crippen LogP contribution in [0.25, 0.3) is 5.32 Å². The van der Waals surface area contributed by atoms with Crippen LogP contribution in [0.5, 0.6) is 0 Å². The van der Waals surface area contributed by atoms with E-state index in [1.54, 1.807) is 18.0 Å². The Morgan fingerprint density at radius 3 is 2.72 bits per heavy atom. The lowest BCUT2D eigenvalue weighted by Crippen LogP contribution is -2.21. The number of carbonyl (C=O) groups is 1. The van der Waals surface area contributed by atoms with Crippen LogP contribution in [0.4, 0.5) is 5.69 Å². The van der Waals surface area contributed by atoms with Gasteiger partial charge in [0.2, 0.25) is 0 Å². The SMILES string of the molecule is CSc1ccc(C(=O)Nc2cccc(C(C)[N-]C=CNC3=C[N+](C)=C3)c2)cc1C. The van der Waals surface area contributed by atoms with E-state index in [-0.39, 0.29) is 11.9 Å². The molecular formula is C23H26N4OS. The Hall–Kier alpha value is -2.99. The van der Waals surface area contributed by atoms with Crippen LogP contribution in [0.15, 0.2) is 71.7 Å². The molecule has 0 saturated heterocycles. The van der Waals surface area contributed by atoms with Crippen LogP contribution < -0.4 is 10.6 Å². The molecule has 3 rings (SSSR count). The van der Waals surface area contributed by atoms with Crippen molar-refractivity contribution >= 4 is 29.6 Å². The highest BCUT2D eigenvalue weighted by atomic mass is 32.2. The highest BCUT2D eigenvalue weighted by Gasteiger charge is 2.10. The highest BCUT2D eigenvalue weighted by molar-refractivity contribution is 7.98. The van der Waals surface area contributed by atoms with Crippen LogP contribution in [0.2, 0.25) is 0 Å². The largest absolute Gasteiger partial charge is 0.683 e. The zero-order valence-corrected chi connectivity index (χ0v) is 18.0. The fourth-order valence-electron chi connectivity index (χ4n) is 2.99. The molecule has 0 bridgehead atoms. The second-order valence-corrected chi connectivity index (χ2v) is 7.78. The third-order valence-corrected chi connectivity index (χ3v) is 5.50. The van der Waals surface area contributed by atoms with Gasteiger partial charge in [0.15, 0.2) is 18.1 Å². The van der Waals surface area contributed by atoms with Crippen molar-refractivity contribution in [2.75, 3.05) is 18.6 Å². The maximum atomic E-state index is 12.6. The molecule has 1 atom stereocenters. The topological polar surface area (TPSA) is 58.2 Å². The molecular weight excluding hydrogens is 380 g/mol. The molecule has 1 amide bonds. The molecule has 0 radical (unpaired) electrons. The van der Waals surface area contributed by atoms with Crippen molar-refractivity contribution in [2.24, 2.45) is 0 Å². The van der Waals surface area contributed by atoms with Crippen LogP contribution in [-0.4, -0.2) is 30.0 Å². The number of thioether (sulfide) groups is 1. The molecule has 5 nitrogen and oxygen atoms in total. The van der Waals surface area contributed by atoms with E-state index in [9.17, 15) is 4.79 Å². The summed E-state index contributed by atoms with van der Waals surface area (Å²) in [6, 6.07) is 13.6. The van der Waals surface area contributed by atoms with E-state index in [0.29, 0.717) is 5.56 Å². The minimum absolute atomic E-state index is 0.0185. The standard InChI is InChI=1S/C23H26N4OS/c1-16-12-19(8-9-22(16)29-4)23(28)26-20-7-5-6-18(13-20)17(2)24-10-11-25-21-14-27(3)15-21/h5-15,17,25H,1-4H3,(H,26,28). The molecule has 0 aromatic heterocycles. The number of nitrogens with one attached hydrogen (secondary N) is 2. The Labute approximate surface area is 176 Å². The molecule has 6 heteroatoms. The van der Waals surface area contributed by atoms with Crippen molar-refractivity contribution in [2.45, 2.75) is 24.8 Å². The molecule has 2 aromatic rings. The summed E-state index contributed by atoms with van der Waals surface area (Å²) >= 11 is 1.68. The summed E-state index contributed by atoms with van der Waals surface area (Å²) in [4.78, 5) is 13.8. The van der Waals surface area contributed by atoms with E-state index in [2.05, 4.69) is 16.0 Å². The molecule has 1 aliphatic heterocycles. The molecule has 2 N–H and O–H groups in total. The third kappa shape index (κ3) is 5.51. The molecule has 0 saturated carbocycles. The van der Waals surface area contributed by atoms with Crippen LogP contribution >= 0.6 is 11.8 Å². The first-order chi connectivity index (χ1) is 14.0. The van der Waals surface area contributed by atoms with Gasteiger partial charge >= 0.3 is 0 Å². The van der Waals surface area contributed by atoms with Gasteiger partial charge in [-0.3, -0.25) is 4.79 Å². The molecule has 1 aliphatic rings. The lowest BCUT2D eigenvalue weighted by molar-refractivity contribution is -0.429. The Morgan fingerprint density at radius 2 is 2.03 bits per heavy atom. The van der Waals surface area contributed by atoms with Crippen molar-refractivity contribution < 1.29 is 9.37 Å². The van der Waals surface area contributed by atoms with Gasteiger partial charge in [-0.15, -0.1) is 11.8 Å². The molecule has 0 fully saturated rings. The summed E-state index contributed by atoms with van der Waals surface area (Å²) in [6.07, 6.45) is 9.61. The lowest BCUT2D eigenvalue weighted by atomic mass is 10.1.